The van der Waals surface area contributed by atoms with Gasteiger partial charge in [-0.05, 0) is 12.3 Å². The molecule has 0 aromatic heterocycles. The Bertz CT molecular complexity index is 287. The van der Waals surface area contributed by atoms with E-state index in [1.54, 1.807) is 13.8 Å². The second-order valence-electron chi connectivity index (χ2n) is 4.95. The van der Waals surface area contributed by atoms with Crippen molar-refractivity contribution in [3.05, 3.63) is 0 Å². The summed E-state index contributed by atoms with van der Waals surface area (Å²) in [5.41, 5.74) is -2.46. The quantitative estimate of drug-likeness (QED) is 0.395. The number of aliphatic carboxylic acids is 1. The van der Waals surface area contributed by atoms with Crippen molar-refractivity contribution in [3.63, 3.8) is 0 Å². The molecule has 0 fully saturated rings. The maximum atomic E-state index is 11.8. The Labute approximate surface area is 108 Å². The fourth-order valence-corrected chi connectivity index (χ4v) is 1.58. The molecule has 18 heavy (non-hydrogen) atoms. The smallest absolute Gasteiger partial charge is 0.350 e. The Hall–Kier alpha value is -1.10. The highest BCUT2D eigenvalue weighted by Gasteiger charge is 2.51. The average Bonchev–Trinajstić information content (AvgIpc) is 2.31. The summed E-state index contributed by atoms with van der Waals surface area (Å²) in [6, 6.07) is 0. The molecule has 0 saturated carbocycles. The number of carboxylic acids is 1. The first-order chi connectivity index (χ1) is 8.28. The van der Waals surface area contributed by atoms with E-state index in [0.29, 0.717) is 6.42 Å². The van der Waals surface area contributed by atoms with E-state index in [9.17, 15) is 14.7 Å². The third kappa shape index (κ3) is 3.98. The zero-order valence-corrected chi connectivity index (χ0v) is 11.6. The first-order valence-corrected chi connectivity index (χ1v) is 6.41. The average molecular weight is 260 g/mol. The van der Waals surface area contributed by atoms with Gasteiger partial charge in [-0.2, -0.15) is 0 Å². The van der Waals surface area contributed by atoms with E-state index in [2.05, 4.69) is 0 Å². The minimum absolute atomic E-state index is 0.144. The molecule has 0 saturated heterocycles. The molecule has 0 aliphatic rings. The van der Waals surface area contributed by atoms with Gasteiger partial charge in [-0.15, -0.1) is 0 Å². The lowest BCUT2D eigenvalue weighted by Gasteiger charge is -2.30. The third-order valence-electron chi connectivity index (χ3n) is 3.28. The molecule has 0 spiro atoms. The van der Waals surface area contributed by atoms with Crippen molar-refractivity contribution in [1.29, 1.82) is 0 Å². The second kappa shape index (κ2) is 7.36. The molecule has 0 amide bonds. The SMILES string of the molecule is CCCCCOC(=O)[C@@](O)(C(=O)O)C(C)C(C)C. The minimum Gasteiger partial charge on any atom is -0.479 e. The Morgan fingerprint density at radius 3 is 2.17 bits per heavy atom. The molecule has 0 bridgehead atoms. The number of unbranched alkanes of at least 4 members (excludes halogenated alkanes) is 2. The van der Waals surface area contributed by atoms with Crippen LogP contribution in [0, 0.1) is 11.8 Å². The number of rotatable bonds is 8. The van der Waals surface area contributed by atoms with Crippen LogP contribution in [0.3, 0.4) is 0 Å². The topological polar surface area (TPSA) is 83.8 Å². The van der Waals surface area contributed by atoms with Gasteiger partial charge in [0.15, 0.2) is 0 Å². The van der Waals surface area contributed by atoms with E-state index < -0.39 is 23.5 Å². The van der Waals surface area contributed by atoms with Gasteiger partial charge in [-0.1, -0.05) is 40.5 Å². The lowest BCUT2D eigenvalue weighted by molar-refractivity contribution is -0.188. The van der Waals surface area contributed by atoms with Gasteiger partial charge in [0.2, 0.25) is 0 Å². The van der Waals surface area contributed by atoms with Crippen molar-refractivity contribution in [2.45, 2.75) is 52.6 Å². The number of ether oxygens (including phenoxy) is 1. The second-order valence-corrected chi connectivity index (χ2v) is 4.95. The molecule has 0 aliphatic carbocycles. The molecule has 0 rings (SSSR count). The summed E-state index contributed by atoms with van der Waals surface area (Å²) in [4.78, 5) is 22.9. The highest BCUT2D eigenvalue weighted by molar-refractivity contribution is 6.02. The van der Waals surface area contributed by atoms with E-state index in [4.69, 9.17) is 9.84 Å². The van der Waals surface area contributed by atoms with Crippen molar-refractivity contribution in [2.75, 3.05) is 6.61 Å². The van der Waals surface area contributed by atoms with Crippen molar-refractivity contribution in [2.24, 2.45) is 11.8 Å². The molecule has 0 radical (unpaired) electrons. The van der Waals surface area contributed by atoms with Gasteiger partial charge in [0, 0.05) is 5.92 Å². The number of esters is 1. The number of carbonyl (C=O) groups is 2. The Balaban J connectivity index is 4.68. The van der Waals surface area contributed by atoms with Crippen LogP contribution >= 0.6 is 0 Å². The zero-order valence-electron chi connectivity index (χ0n) is 11.6. The van der Waals surface area contributed by atoms with Gasteiger partial charge < -0.3 is 14.9 Å². The Morgan fingerprint density at radius 1 is 1.22 bits per heavy atom. The molecule has 5 heteroatoms. The number of carbonyl (C=O) groups excluding carboxylic acids is 1. The summed E-state index contributed by atoms with van der Waals surface area (Å²) in [6.45, 7) is 7.20. The third-order valence-corrected chi connectivity index (χ3v) is 3.28. The van der Waals surface area contributed by atoms with Crippen LogP contribution in [0.4, 0.5) is 0 Å². The summed E-state index contributed by atoms with van der Waals surface area (Å²) < 4.78 is 4.87. The molecular formula is C13H24O5. The molecule has 0 aromatic rings. The van der Waals surface area contributed by atoms with Crippen LogP contribution in [0.25, 0.3) is 0 Å². The van der Waals surface area contributed by atoms with Gasteiger partial charge in [-0.3, -0.25) is 0 Å². The summed E-state index contributed by atoms with van der Waals surface area (Å²) in [7, 11) is 0. The number of aliphatic hydroxyl groups is 1. The van der Waals surface area contributed by atoms with Crippen LogP contribution in [-0.4, -0.2) is 34.4 Å². The number of hydrogen-bond acceptors (Lipinski definition) is 4. The van der Waals surface area contributed by atoms with Crippen molar-refractivity contribution >= 4 is 11.9 Å². The largest absolute Gasteiger partial charge is 0.479 e. The summed E-state index contributed by atoms with van der Waals surface area (Å²) in [5.74, 6) is -3.47. The fourth-order valence-electron chi connectivity index (χ4n) is 1.58. The molecule has 1 unspecified atom stereocenters. The van der Waals surface area contributed by atoms with E-state index in [1.807, 2.05) is 6.92 Å². The van der Waals surface area contributed by atoms with Gasteiger partial charge in [-0.25, -0.2) is 9.59 Å². The van der Waals surface area contributed by atoms with Gasteiger partial charge in [0.05, 0.1) is 6.61 Å². The molecule has 0 heterocycles. The first kappa shape index (κ1) is 16.9. The highest BCUT2D eigenvalue weighted by Crippen LogP contribution is 2.26. The maximum absolute atomic E-state index is 11.8. The molecule has 2 atom stereocenters. The van der Waals surface area contributed by atoms with E-state index >= 15 is 0 Å². The predicted octanol–water partition coefficient (Wildman–Crippen LogP) is 1.83. The Morgan fingerprint density at radius 2 is 1.78 bits per heavy atom. The normalized spacial score (nSPS) is 16.1. The van der Waals surface area contributed by atoms with Crippen LogP contribution < -0.4 is 0 Å². The van der Waals surface area contributed by atoms with Crippen LogP contribution in [0.5, 0.6) is 0 Å². The predicted molar refractivity (Wildman–Crippen MR) is 67.1 cm³/mol. The maximum Gasteiger partial charge on any atom is 0.350 e. The summed E-state index contributed by atoms with van der Waals surface area (Å²) >= 11 is 0. The standard InChI is InChI=1S/C13H24O5/c1-5-6-7-8-18-12(16)13(17,11(14)15)10(4)9(2)3/h9-10,17H,5-8H2,1-4H3,(H,14,15)/t10?,13-/m0/s1. The van der Waals surface area contributed by atoms with E-state index in [-0.39, 0.29) is 12.5 Å². The van der Waals surface area contributed by atoms with E-state index in [1.165, 1.54) is 6.92 Å². The molecule has 2 N–H and O–H groups in total. The number of hydrogen-bond donors (Lipinski definition) is 2. The van der Waals surface area contributed by atoms with Crippen molar-refractivity contribution in [1.82, 2.24) is 0 Å². The van der Waals surface area contributed by atoms with Crippen LogP contribution in [0.2, 0.25) is 0 Å². The van der Waals surface area contributed by atoms with Crippen LogP contribution in [0.1, 0.15) is 47.0 Å². The van der Waals surface area contributed by atoms with Crippen molar-refractivity contribution < 1.29 is 24.5 Å². The van der Waals surface area contributed by atoms with Gasteiger partial charge >= 0.3 is 11.9 Å². The highest BCUT2D eigenvalue weighted by atomic mass is 16.6. The van der Waals surface area contributed by atoms with Crippen molar-refractivity contribution in [3.8, 4) is 0 Å². The first-order valence-electron chi connectivity index (χ1n) is 6.41. The van der Waals surface area contributed by atoms with Crippen LogP contribution in [-0.2, 0) is 14.3 Å². The Kier molecular flexibility index (Phi) is 6.91. The summed E-state index contributed by atoms with van der Waals surface area (Å²) in [5, 5.41) is 19.2. The molecule has 106 valence electrons. The molecule has 0 aliphatic heterocycles. The molecule has 0 aromatic carbocycles. The molecular weight excluding hydrogens is 236 g/mol. The lowest BCUT2D eigenvalue weighted by Crippen LogP contribution is -2.54. The van der Waals surface area contributed by atoms with Gasteiger partial charge in [0.1, 0.15) is 0 Å². The fraction of sp³-hybridized carbons (Fsp3) is 0.846. The van der Waals surface area contributed by atoms with Crippen LogP contribution in [0.15, 0.2) is 0 Å². The number of carboxylic acid groups (broad SMARTS) is 1. The lowest BCUT2D eigenvalue weighted by atomic mass is 9.81. The molecule has 5 nitrogen and oxygen atoms in total. The zero-order chi connectivity index (χ0) is 14.3. The summed E-state index contributed by atoms with van der Waals surface area (Å²) in [6.07, 6.45) is 2.55. The monoisotopic (exact) mass is 260 g/mol. The van der Waals surface area contributed by atoms with E-state index in [0.717, 1.165) is 12.8 Å². The van der Waals surface area contributed by atoms with Gasteiger partial charge in [0.25, 0.3) is 5.60 Å². The minimum atomic E-state index is -2.46.